The SMILES string of the molecule is COC(=O)c1cccc(CSc2nc(N)cc(=O)[nH]2)n1. The molecule has 0 unspecified atom stereocenters. The summed E-state index contributed by atoms with van der Waals surface area (Å²) in [5.74, 6) is 0.108. The number of methoxy groups -OCH3 is 1. The molecule has 0 fully saturated rings. The Morgan fingerprint density at radius 2 is 2.25 bits per heavy atom. The van der Waals surface area contributed by atoms with Crippen LogP contribution in [0.5, 0.6) is 0 Å². The monoisotopic (exact) mass is 292 g/mol. The number of hydrogen-bond acceptors (Lipinski definition) is 7. The van der Waals surface area contributed by atoms with Crippen LogP contribution >= 0.6 is 11.8 Å². The Balaban J connectivity index is 2.11. The standard InChI is InChI=1S/C12H12N4O3S/c1-19-11(18)8-4-2-3-7(14-8)6-20-12-15-9(13)5-10(17)16-12/h2-5H,6H2,1H3,(H3,13,15,16,17). The lowest BCUT2D eigenvalue weighted by Crippen LogP contribution is -2.09. The van der Waals surface area contributed by atoms with Gasteiger partial charge >= 0.3 is 5.97 Å². The average Bonchev–Trinajstić information content (AvgIpc) is 2.43. The molecular formula is C12H12N4O3S. The van der Waals surface area contributed by atoms with E-state index in [4.69, 9.17) is 5.73 Å². The fraction of sp³-hybridized carbons (Fsp3) is 0.167. The van der Waals surface area contributed by atoms with E-state index in [1.54, 1.807) is 18.2 Å². The average molecular weight is 292 g/mol. The van der Waals surface area contributed by atoms with Gasteiger partial charge in [-0.3, -0.25) is 4.79 Å². The molecule has 3 N–H and O–H groups in total. The number of rotatable bonds is 4. The molecule has 2 aromatic rings. The van der Waals surface area contributed by atoms with Crippen LogP contribution < -0.4 is 11.3 Å². The van der Waals surface area contributed by atoms with Crippen LogP contribution in [0.2, 0.25) is 0 Å². The van der Waals surface area contributed by atoms with Crippen LogP contribution in [0.25, 0.3) is 0 Å². The van der Waals surface area contributed by atoms with Gasteiger partial charge in [0.2, 0.25) is 0 Å². The maximum Gasteiger partial charge on any atom is 0.356 e. The molecule has 0 aliphatic rings. The number of nitrogens with one attached hydrogen (secondary N) is 1. The third kappa shape index (κ3) is 3.58. The van der Waals surface area contributed by atoms with Crippen LogP contribution in [0.15, 0.2) is 34.2 Å². The minimum absolute atomic E-state index is 0.160. The second-order valence-electron chi connectivity index (χ2n) is 3.77. The number of anilines is 1. The lowest BCUT2D eigenvalue weighted by atomic mass is 10.3. The zero-order chi connectivity index (χ0) is 14.5. The molecule has 0 aromatic carbocycles. The Labute approximate surface area is 118 Å². The van der Waals surface area contributed by atoms with Crippen LogP contribution in [0.3, 0.4) is 0 Å². The van der Waals surface area contributed by atoms with Gasteiger partial charge in [0.15, 0.2) is 5.16 Å². The number of aromatic amines is 1. The predicted molar refractivity (Wildman–Crippen MR) is 74.4 cm³/mol. The second-order valence-corrected chi connectivity index (χ2v) is 4.73. The van der Waals surface area contributed by atoms with E-state index in [2.05, 4.69) is 19.7 Å². The van der Waals surface area contributed by atoms with Crippen LogP contribution in [0.4, 0.5) is 5.82 Å². The van der Waals surface area contributed by atoms with Crippen molar-refractivity contribution in [2.45, 2.75) is 10.9 Å². The number of aromatic nitrogens is 3. The lowest BCUT2D eigenvalue weighted by molar-refractivity contribution is 0.0594. The zero-order valence-electron chi connectivity index (χ0n) is 10.6. The van der Waals surface area contributed by atoms with E-state index in [1.165, 1.54) is 24.9 Å². The predicted octanol–water partition coefficient (Wildman–Crippen LogP) is 0.826. The van der Waals surface area contributed by atoms with E-state index in [0.717, 1.165) is 0 Å². The lowest BCUT2D eigenvalue weighted by Gasteiger charge is -2.03. The number of pyridine rings is 1. The molecule has 8 heteroatoms. The number of nitrogens with two attached hydrogens (primary N) is 1. The number of carbonyl (C=O) groups is 1. The number of nitrogen functional groups attached to an aromatic ring is 1. The second kappa shape index (κ2) is 6.20. The summed E-state index contributed by atoms with van der Waals surface area (Å²) in [7, 11) is 1.30. The van der Waals surface area contributed by atoms with Crippen LogP contribution in [0.1, 0.15) is 16.2 Å². The number of esters is 1. The molecule has 104 valence electrons. The van der Waals surface area contributed by atoms with Crippen molar-refractivity contribution in [2.24, 2.45) is 0 Å². The van der Waals surface area contributed by atoms with Gasteiger partial charge in [-0.2, -0.15) is 0 Å². The number of ether oxygens (including phenoxy) is 1. The molecule has 0 spiro atoms. The molecule has 0 atom stereocenters. The fourth-order valence-electron chi connectivity index (χ4n) is 1.44. The zero-order valence-corrected chi connectivity index (χ0v) is 11.4. The summed E-state index contributed by atoms with van der Waals surface area (Å²) in [6.07, 6.45) is 0. The molecule has 0 amide bonds. The molecule has 20 heavy (non-hydrogen) atoms. The van der Waals surface area contributed by atoms with Crippen molar-refractivity contribution in [1.29, 1.82) is 0 Å². The Morgan fingerprint density at radius 1 is 1.45 bits per heavy atom. The fourth-order valence-corrected chi connectivity index (χ4v) is 2.23. The minimum atomic E-state index is -0.493. The molecule has 0 radical (unpaired) electrons. The normalized spacial score (nSPS) is 10.2. The molecule has 7 nitrogen and oxygen atoms in total. The number of thioether (sulfide) groups is 1. The smallest absolute Gasteiger partial charge is 0.356 e. The maximum absolute atomic E-state index is 11.4. The van der Waals surface area contributed by atoms with Crippen molar-refractivity contribution < 1.29 is 9.53 Å². The van der Waals surface area contributed by atoms with Crippen LogP contribution in [0, 0.1) is 0 Å². The van der Waals surface area contributed by atoms with E-state index in [0.29, 0.717) is 16.6 Å². The van der Waals surface area contributed by atoms with Gasteiger partial charge in [0.1, 0.15) is 11.5 Å². The maximum atomic E-state index is 11.4. The van der Waals surface area contributed by atoms with Gasteiger partial charge < -0.3 is 15.5 Å². The highest BCUT2D eigenvalue weighted by atomic mass is 32.2. The highest BCUT2D eigenvalue weighted by Gasteiger charge is 2.08. The highest BCUT2D eigenvalue weighted by molar-refractivity contribution is 7.98. The number of carbonyl (C=O) groups excluding carboxylic acids is 1. The Morgan fingerprint density at radius 3 is 2.95 bits per heavy atom. The summed E-state index contributed by atoms with van der Waals surface area (Å²) < 4.78 is 4.60. The third-order valence-corrected chi connectivity index (χ3v) is 3.20. The topological polar surface area (TPSA) is 111 Å². The molecule has 2 heterocycles. The first-order valence-corrected chi connectivity index (χ1v) is 6.61. The van der Waals surface area contributed by atoms with Crippen LogP contribution in [-0.2, 0) is 10.5 Å². The third-order valence-electron chi connectivity index (χ3n) is 2.30. The summed E-state index contributed by atoms with van der Waals surface area (Å²) in [5, 5.41) is 0.403. The Kier molecular flexibility index (Phi) is 4.36. The molecule has 0 saturated carbocycles. The summed E-state index contributed by atoms with van der Waals surface area (Å²) in [4.78, 5) is 33.3. The molecule has 0 saturated heterocycles. The highest BCUT2D eigenvalue weighted by Crippen LogP contribution is 2.17. The van der Waals surface area contributed by atoms with Gasteiger partial charge in [-0.25, -0.2) is 14.8 Å². The van der Waals surface area contributed by atoms with Gasteiger partial charge in [0.05, 0.1) is 12.8 Å². The number of H-pyrrole nitrogens is 1. The number of hydrogen-bond donors (Lipinski definition) is 2. The van der Waals surface area contributed by atoms with Gasteiger partial charge in [0, 0.05) is 11.8 Å². The Bertz CT molecular complexity index is 686. The van der Waals surface area contributed by atoms with Gasteiger partial charge in [-0.15, -0.1) is 0 Å². The van der Waals surface area contributed by atoms with Crippen molar-refractivity contribution in [3.8, 4) is 0 Å². The summed E-state index contributed by atoms with van der Waals surface area (Å²) in [5.41, 5.74) is 6.09. The molecule has 0 bridgehead atoms. The first kappa shape index (κ1) is 14.1. The van der Waals surface area contributed by atoms with Gasteiger partial charge in [0.25, 0.3) is 5.56 Å². The number of nitrogens with zero attached hydrogens (tertiary/aromatic N) is 2. The van der Waals surface area contributed by atoms with Crippen LogP contribution in [-0.4, -0.2) is 28.0 Å². The van der Waals surface area contributed by atoms with Gasteiger partial charge in [-0.1, -0.05) is 17.8 Å². The minimum Gasteiger partial charge on any atom is -0.464 e. The van der Waals surface area contributed by atoms with Crippen molar-refractivity contribution in [1.82, 2.24) is 15.0 Å². The Hall–Kier alpha value is -2.35. The molecule has 0 aliphatic carbocycles. The summed E-state index contributed by atoms with van der Waals surface area (Å²) in [6.45, 7) is 0. The quantitative estimate of drug-likeness (QED) is 0.487. The van der Waals surface area contributed by atoms with Crippen molar-refractivity contribution in [3.63, 3.8) is 0 Å². The molecular weight excluding hydrogens is 280 g/mol. The van der Waals surface area contributed by atoms with E-state index < -0.39 is 5.97 Å². The molecule has 2 aromatic heterocycles. The molecule has 0 aliphatic heterocycles. The summed E-state index contributed by atoms with van der Waals surface area (Å²) >= 11 is 1.27. The summed E-state index contributed by atoms with van der Waals surface area (Å²) in [6, 6.07) is 6.26. The van der Waals surface area contributed by atoms with E-state index in [-0.39, 0.29) is 17.1 Å². The van der Waals surface area contributed by atoms with E-state index >= 15 is 0 Å². The molecule has 2 rings (SSSR count). The van der Waals surface area contributed by atoms with Crippen molar-refractivity contribution in [2.75, 3.05) is 12.8 Å². The van der Waals surface area contributed by atoms with Gasteiger partial charge in [-0.05, 0) is 12.1 Å². The first-order valence-electron chi connectivity index (χ1n) is 5.62. The van der Waals surface area contributed by atoms with E-state index in [1.807, 2.05) is 0 Å². The van der Waals surface area contributed by atoms with Crippen molar-refractivity contribution >= 4 is 23.5 Å². The first-order chi connectivity index (χ1) is 9.58. The van der Waals surface area contributed by atoms with Crippen molar-refractivity contribution in [3.05, 3.63) is 46.0 Å². The van der Waals surface area contributed by atoms with E-state index in [9.17, 15) is 9.59 Å². The largest absolute Gasteiger partial charge is 0.464 e.